The van der Waals surface area contributed by atoms with E-state index in [2.05, 4.69) is 29.8 Å². The standard InChI is InChI=1S/C20H25N3O2/c1-15(2)18(23-17-11-7-4-8-12-17)13-21-19(24)14-22-20(25)16-9-5-3-6-10-16/h3-12,15,18,23H,13-14H2,1-2H3,(H,21,24)(H,22,25). The van der Waals surface area contributed by atoms with Crippen LogP contribution in [0.15, 0.2) is 60.7 Å². The predicted molar refractivity (Wildman–Crippen MR) is 100 cm³/mol. The number of hydrogen-bond donors (Lipinski definition) is 3. The quantitative estimate of drug-likeness (QED) is 0.692. The van der Waals surface area contributed by atoms with Crippen molar-refractivity contribution in [3.8, 4) is 0 Å². The van der Waals surface area contributed by atoms with E-state index in [0.29, 0.717) is 18.0 Å². The molecule has 0 aliphatic carbocycles. The minimum absolute atomic E-state index is 0.0378. The smallest absolute Gasteiger partial charge is 0.251 e. The van der Waals surface area contributed by atoms with Crippen LogP contribution >= 0.6 is 0 Å². The van der Waals surface area contributed by atoms with Crippen LogP contribution in [0.1, 0.15) is 24.2 Å². The van der Waals surface area contributed by atoms with Gasteiger partial charge >= 0.3 is 0 Å². The third-order valence-electron chi connectivity index (χ3n) is 3.90. The number of hydrogen-bond acceptors (Lipinski definition) is 3. The molecule has 3 N–H and O–H groups in total. The van der Waals surface area contributed by atoms with Gasteiger partial charge in [-0.3, -0.25) is 9.59 Å². The second-order valence-corrected chi connectivity index (χ2v) is 6.21. The molecule has 2 aromatic rings. The molecule has 25 heavy (non-hydrogen) atoms. The number of para-hydroxylation sites is 1. The largest absolute Gasteiger partial charge is 0.380 e. The molecule has 1 atom stereocenters. The van der Waals surface area contributed by atoms with E-state index in [9.17, 15) is 9.59 Å². The monoisotopic (exact) mass is 339 g/mol. The lowest BCUT2D eigenvalue weighted by Gasteiger charge is -2.24. The summed E-state index contributed by atoms with van der Waals surface area (Å²) >= 11 is 0. The van der Waals surface area contributed by atoms with Crippen molar-refractivity contribution < 1.29 is 9.59 Å². The average molecular weight is 339 g/mol. The van der Waals surface area contributed by atoms with Crippen LogP contribution in [0.4, 0.5) is 5.69 Å². The van der Waals surface area contributed by atoms with Crippen molar-refractivity contribution in [1.82, 2.24) is 10.6 Å². The highest BCUT2D eigenvalue weighted by atomic mass is 16.2. The zero-order valence-corrected chi connectivity index (χ0v) is 14.7. The molecule has 0 radical (unpaired) electrons. The van der Waals surface area contributed by atoms with Gasteiger partial charge in [0.1, 0.15) is 0 Å². The van der Waals surface area contributed by atoms with Gasteiger partial charge in [-0.25, -0.2) is 0 Å². The molecule has 132 valence electrons. The van der Waals surface area contributed by atoms with Crippen molar-refractivity contribution in [2.24, 2.45) is 5.92 Å². The molecule has 0 saturated heterocycles. The molecule has 0 aliphatic heterocycles. The maximum Gasteiger partial charge on any atom is 0.251 e. The van der Waals surface area contributed by atoms with Gasteiger partial charge < -0.3 is 16.0 Å². The molecule has 0 bridgehead atoms. The van der Waals surface area contributed by atoms with Crippen LogP contribution in [-0.2, 0) is 4.79 Å². The van der Waals surface area contributed by atoms with Crippen LogP contribution in [0.2, 0.25) is 0 Å². The summed E-state index contributed by atoms with van der Waals surface area (Å²) in [5.74, 6) is -0.109. The first-order valence-corrected chi connectivity index (χ1v) is 8.48. The third kappa shape index (κ3) is 6.30. The molecule has 0 aliphatic rings. The highest BCUT2D eigenvalue weighted by molar-refractivity contribution is 5.96. The Bertz CT molecular complexity index is 672. The Labute approximate surface area is 148 Å². The van der Waals surface area contributed by atoms with E-state index in [-0.39, 0.29) is 24.4 Å². The van der Waals surface area contributed by atoms with Gasteiger partial charge in [0.05, 0.1) is 6.54 Å². The first-order chi connectivity index (χ1) is 12.1. The summed E-state index contributed by atoms with van der Waals surface area (Å²) < 4.78 is 0. The van der Waals surface area contributed by atoms with Crippen LogP contribution in [0.5, 0.6) is 0 Å². The van der Waals surface area contributed by atoms with Crippen LogP contribution < -0.4 is 16.0 Å². The van der Waals surface area contributed by atoms with E-state index in [4.69, 9.17) is 0 Å². The molecule has 0 aromatic heterocycles. The lowest BCUT2D eigenvalue weighted by atomic mass is 10.0. The second-order valence-electron chi connectivity index (χ2n) is 6.21. The molecule has 0 fully saturated rings. The van der Waals surface area contributed by atoms with Crippen molar-refractivity contribution in [3.63, 3.8) is 0 Å². The summed E-state index contributed by atoms with van der Waals surface area (Å²) in [7, 11) is 0. The summed E-state index contributed by atoms with van der Waals surface area (Å²) in [5.41, 5.74) is 1.56. The summed E-state index contributed by atoms with van der Waals surface area (Å²) in [5, 5.41) is 8.93. The predicted octanol–water partition coefficient (Wildman–Crippen LogP) is 2.67. The number of benzene rings is 2. The van der Waals surface area contributed by atoms with E-state index in [0.717, 1.165) is 5.69 Å². The van der Waals surface area contributed by atoms with Gasteiger partial charge in [-0.1, -0.05) is 50.2 Å². The molecule has 0 saturated carbocycles. The SMILES string of the molecule is CC(C)C(CNC(=O)CNC(=O)c1ccccc1)Nc1ccccc1. The molecule has 2 amide bonds. The van der Waals surface area contributed by atoms with E-state index in [1.807, 2.05) is 36.4 Å². The van der Waals surface area contributed by atoms with E-state index >= 15 is 0 Å². The highest BCUT2D eigenvalue weighted by Crippen LogP contribution is 2.11. The molecule has 1 unspecified atom stereocenters. The van der Waals surface area contributed by atoms with E-state index < -0.39 is 0 Å². The molecule has 2 rings (SSSR count). The summed E-state index contributed by atoms with van der Waals surface area (Å²) in [4.78, 5) is 23.9. The van der Waals surface area contributed by atoms with Gasteiger partial charge in [0, 0.05) is 23.8 Å². The number of nitrogens with one attached hydrogen (secondary N) is 3. The van der Waals surface area contributed by atoms with Crippen molar-refractivity contribution in [1.29, 1.82) is 0 Å². The number of anilines is 1. The Morgan fingerprint density at radius 1 is 0.880 bits per heavy atom. The molecule has 5 heteroatoms. The maximum atomic E-state index is 12.0. The Kier molecular flexibility index (Phi) is 7.01. The summed E-state index contributed by atoms with van der Waals surface area (Å²) in [6.07, 6.45) is 0. The fourth-order valence-electron chi connectivity index (χ4n) is 2.34. The molecule has 0 spiro atoms. The van der Waals surface area contributed by atoms with Crippen molar-refractivity contribution in [3.05, 3.63) is 66.2 Å². The fourth-order valence-corrected chi connectivity index (χ4v) is 2.34. The van der Waals surface area contributed by atoms with Gasteiger partial charge in [-0.15, -0.1) is 0 Å². The van der Waals surface area contributed by atoms with Crippen molar-refractivity contribution >= 4 is 17.5 Å². The highest BCUT2D eigenvalue weighted by Gasteiger charge is 2.15. The zero-order chi connectivity index (χ0) is 18.1. The molecule has 0 heterocycles. The first kappa shape index (κ1) is 18.5. The summed E-state index contributed by atoms with van der Waals surface area (Å²) in [6.45, 7) is 4.66. The van der Waals surface area contributed by atoms with Gasteiger partial charge in [0.25, 0.3) is 5.91 Å². The molecular formula is C20H25N3O2. The number of amides is 2. The van der Waals surface area contributed by atoms with Crippen LogP contribution in [0.25, 0.3) is 0 Å². The Morgan fingerprint density at radius 3 is 2.08 bits per heavy atom. The average Bonchev–Trinajstić information content (AvgIpc) is 2.64. The molecular weight excluding hydrogens is 314 g/mol. The normalized spacial score (nSPS) is 11.6. The topological polar surface area (TPSA) is 70.2 Å². The van der Waals surface area contributed by atoms with Gasteiger partial charge in [0.2, 0.25) is 5.91 Å². The van der Waals surface area contributed by atoms with Gasteiger partial charge in [-0.05, 0) is 30.2 Å². The second kappa shape index (κ2) is 9.47. The van der Waals surface area contributed by atoms with Crippen LogP contribution in [0, 0.1) is 5.92 Å². The third-order valence-corrected chi connectivity index (χ3v) is 3.90. The lowest BCUT2D eigenvalue weighted by molar-refractivity contribution is -0.120. The Balaban J connectivity index is 1.78. The Hall–Kier alpha value is -2.82. The van der Waals surface area contributed by atoms with Crippen molar-refractivity contribution in [2.75, 3.05) is 18.4 Å². The zero-order valence-electron chi connectivity index (χ0n) is 14.7. The number of rotatable bonds is 8. The minimum Gasteiger partial charge on any atom is -0.380 e. The molecule has 2 aromatic carbocycles. The van der Waals surface area contributed by atoms with Gasteiger partial charge in [0.15, 0.2) is 0 Å². The fraction of sp³-hybridized carbons (Fsp3) is 0.300. The van der Waals surface area contributed by atoms with E-state index in [1.54, 1.807) is 24.3 Å². The number of carbonyl (C=O) groups is 2. The Morgan fingerprint density at radius 2 is 1.48 bits per heavy atom. The first-order valence-electron chi connectivity index (χ1n) is 8.48. The maximum absolute atomic E-state index is 12.0. The number of carbonyl (C=O) groups excluding carboxylic acids is 2. The van der Waals surface area contributed by atoms with Crippen LogP contribution in [0.3, 0.4) is 0 Å². The summed E-state index contributed by atoms with van der Waals surface area (Å²) in [6, 6.07) is 18.9. The van der Waals surface area contributed by atoms with Gasteiger partial charge in [-0.2, -0.15) is 0 Å². The molecule has 5 nitrogen and oxygen atoms in total. The lowest BCUT2D eigenvalue weighted by Crippen LogP contribution is -2.43. The minimum atomic E-state index is -0.251. The van der Waals surface area contributed by atoms with Crippen LogP contribution in [-0.4, -0.2) is 30.9 Å². The van der Waals surface area contributed by atoms with E-state index in [1.165, 1.54) is 0 Å². The van der Waals surface area contributed by atoms with Crippen molar-refractivity contribution in [2.45, 2.75) is 19.9 Å².